The summed E-state index contributed by atoms with van der Waals surface area (Å²) in [4.78, 5) is 33.1. The molecule has 114 valence electrons. The van der Waals surface area contributed by atoms with Gasteiger partial charge in [-0.3, -0.25) is 14.9 Å². The van der Waals surface area contributed by atoms with Crippen LogP contribution < -0.4 is 0 Å². The zero-order chi connectivity index (χ0) is 16.0. The van der Waals surface area contributed by atoms with E-state index in [2.05, 4.69) is 4.74 Å². The van der Waals surface area contributed by atoms with Crippen LogP contribution in [0, 0.1) is 10.1 Å². The Hall–Kier alpha value is -2.44. The number of Topliss-reactive ketones (excluding diaryl/α,β-unsaturated/α-hetero) is 1. The smallest absolute Gasteiger partial charge is 0.438 e. The van der Waals surface area contributed by atoms with E-state index in [1.807, 2.05) is 0 Å². The van der Waals surface area contributed by atoms with Gasteiger partial charge in [-0.1, -0.05) is 26.0 Å². The van der Waals surface area contributed by atoms with Crippen LogP contribution in [0.3, 0.4) is 0 Å². The minimum Gasteiger partial charge on any atom is -0.438 e. The van der Waals surface area contributed by atoms with Crippen molar-refractivity contribution in [3.05, 3.63) is 39.4 Å². The van der Waals surface area contributed by atoms with Crippen molar-refractivity contribution in [3.8, 4) is 0 Å². The lowest BCUT2D eigenvalue weighted by Crippen LogP contribution is -2.12. The number of ether oxygens (including phenoxy) is 2. The number of benzene rings is 1. The van der Waals surface area contributed by atoms with Gasteiger partial charge in [-0.05, 0) is 0 Å². The molecule has 1 aromatic rings. The SMILES string of the molecule is CCC(=O)c1ccc(C(C)COC(=O)OC)c([N+](=O)[O-])c1. The molecule has 0 amide bonds. The highest BCUT2D eigenvalue weighted by Gasteiger charge is 2.22. The van der Waals surface area contributed by atoms with Crippen LogP contribution in [0.25, 0.3) is 0 Å². The largest absolute Gasteiger partial charge is 0.507 e. The molecule has 7 heteroatoms. The monoisotopic (exact) mass is 295 g/mol. The molecular formula is C14H17NO6. The van der Waals surface area contributed by atoms with E-state index < -0.39 is 17.0 Å². The molecule has 0 radical (unpaired) electrons. The van der Waals surface area contributed by atoms with Gasteiger partial charge in [0.15, 0.2) is 5.78 Å². The maximum absolute atomic E-state index is 11.6. The molecule has 21 heavy (non-hydrogen) atoms. The molecule has 0 bridgehead atoms. The Kier molecular flexibility index (Phi) is 5.83. The number of rotatable bonds is 6. The predicted molar refractivity (Wildman–Crippen MR) is 74.5 cm³/mol. The summed E-state index contributed by atoms with van der Waals surface area (Å²) < 4.78 is 9.13. The molecule has 7 nitrogen and oxygen atoms in total. The maximum atomic E-state index is 11.6. The second-order valence-corrected chi connectivity index (χ2v) is 4.47. The Balaban J connectivity index is 3.03. The Morgan fingerprint density at radius 3 is 2.57 bits per heavy atom. The van der Waals surface area contributed by atoms with Crippen LogP contribution in [0.4, 0.5) is 10.5 Å². The summed E-state index contributed by atoms with van der Waals surface area (Å²) >= 11 is 0. The van der Waals surface area contributed by atoms with Gasteiger partial charge in [0.2, 0.25) is 0 Å². The minimum absolute atomic E-state index is 0.0470. The number of nitro benzene ring substituents is 1. The summed E-state index contributed by atoms with van der Waals surface area (Å²) in [7, 11) is 1.18. The molecule has 0 aliphatic rings. The first kappa shape index (κ1) is 16.6. The number of hydrogen-bond donors (Lipinski definition) is 0. The zero-order valence-electron chi connectivity index (χ0n) is 12.1. The van der Waals surface area contributed by atoms with Crippen LogP contribution >= 0.6 is 0 Å². The quantitative estimate of drug-likeness (QED) is 0.346. The molecule has 0 aliphatic heterocycles. The first-order valence-electron chi connectivity index (χ1n) is 6.43. The molecule has 0 saturated heterocycles. The van der Waals surface area contributed by atoms with Gasteiger partial charge in [-0.25, -0.2) is 4.79 Å². The molecule has 1 unspecified atom stereocenters. The van der Waals surface area contributed by atoms with Gasteiger partial charge in [0.05, 0.1) is 12.0 Å². The van der Waals surface area contributed by atoms with E-state index in [-0.39, 0.29) is 24.5 Å². The van der Waals surface area contributed by atoms with Crippen molar-refractivity contribution in [2.24, 2.45) is 0 Å². The number of methoxy groups -OCH3 is 1. The molecular weight excluding hydrogens is 278 g/mol. The second-order valence-electron chi connectivity index (χ2n) is 4.47. The molecule has 0 aliphatic carbocycles. The third-order valence-electron chi connectivity index (χ3n) is 3.02. The lowest BCUT2D eigenvalue weighted by atomic mass is 9.97. The lowest BCUT2D eigenvalue weighted by molar-refractivity contribution is -0.385. The normalized spacial score (nSPS) is 11.6. The van der Waals surface area contributed by atoms with Gasteiger partial charge in [0, 0.05) is 29.5 Å². The van der Waals surface area contributed by atoms with E-state index in [4.69, 9.17) is 4.74 Å². The van der Waals surface area contributed by atoms with Crippen LogP contribution in [-0.4, -0.2) is 30.6 Å². The maximum Gasteiger partial charge on any atom is 0.507 e. The van der Waals surface area contributed by atoms with Crippen molar-refractivity contribution < 1.29 is 24.0 Å². The molecule has 0 saturated carbocycles. The third kappa shape index (κ3) is 4.27. The van der Waals surface area contributed by atoms with E-state index in [9.17, 15) is 19.7 Å². The van der Waals surface area contributed by atoms with Crippen LogP contribution in [0.15, 0.2) is 18.2 Å². The number of hydrogen-bond acceptors (Lipinski definition) is 6. The fourth-order valence-electron chi connectivity index (χ4n) is 1.84. The summed E-state index contributed by atoms with van der Waals surface area (Å²) in [5.41, 5.74) is 0.542. The van der Waals surface area contributed by atoms with Crippen LogP contribution in [0.1, 0.15) is 42.1 Å². The lowest BCUT2D eigenvalue weighted by Gasteiger charge is -2.13. The minimum atomic E-state index is -0.845. The zero-order valence-corrected chi connectivity index (χ0v) is 12.1. The number of ketones is 1. The molecule has 0 aromatic heterocycles. The van der Waals surface area contributed by atoms with Crippen molar-refractivity contribution in [1.82, 2.24) is 0 Å². The van der Waals surface area contributed by atoms with Gasteiger partial charge < -0.3 is 9.47 Å². The van der Waals surface area contributed by atoms with Gasteiger partial charge in [-0.15, -0.1) is 0 Å². The van der Waals surface area contributed by atoms with Crippen molar-refractivity contribution in [3.63, 3.8) is 0 Å². The molecule has 0 spiro atoms. The highest BCUT2D eigenvalue weighted by molar-refractivity contribution is 5.96. The summed E-state index contributed by atoms with van der Waals surface area (Å²) in [5, 5.41) is 11.1. The fourth-order valence-corrected chi connectivity index (χ4v) is 1.84. The van der Waals surface area contributed by atoms with Crippen molar-refractivity contribution in [2.45, 2.75) is 26.2 Å². The van der Waals surface area contributed by atoms with Gasteiger partial charge in [0.25, 0.3) is 5.69 Å². The van der Waals surface area contributed by atoms with Crippen LogP contribution in [-0.2, 0) is 9.47 Å². The Bertz CT molecular complexity index is 554. The summed E-state index contributed by atoms with van der Waals surface area (Å²) in [6.07, 6.45) is -0.570. The van der Waals surface area contributed by atoms with Crippen molar-refractivity contribution >= 4 is 17.6 Å². The average Bonchev–Trinajstić information content (AvgIpc) is 2.50. The summed E-state index contributed by atoms with van der Waals surface area (Å²) in [6, 6.07) is 4.32. The average molecular weight is 295 g/mol. The summed E-state index contributed by atoms with van der Waals surface area (Å²) in [5.74, 6) is -0.557. The standard InChI is InChI=1S/C14H17NO6/c1-4-13(16)10-5-6-11(12(7-10)15(18)19)9(2)8-21-14(17)20-3/h5-7,9H,4,8H2,1-3H3. The fraction of sp³-hybridized carbons (Fsp3) is 0.429. The number of carbonyl (C=O) groups excluding carboxylic acids is 2. The second kappa shape index (κ2) is 7.37. The molecule has 0 fully saturated rings. The molecule has 0 N–H and O–H groups in total. The third-order valence-corrected chi connectivity index (χ3v) is 3.02. The van der Waals surface area contributed by atoms with Gasteiger partial charge in [-0.2, -0.15) is 0 Å². The Morgan fingerprint density at radius 2 is 2.05 bits per heavy atom. The first-order chi connectivity index (χ1) is 9.90. The summed E-state index contributed by atoms with van der Waals surface area (Å²) in [6.45, 7) is 3.33. The topological polar surface area (TPSA) is 95.7 Å². The molecule has 1 rings (SSSR count). The van der Waals surface area contributed by atoms with E-state index in [1.54, 1.807) is 19.9 Å². The first-order valence-corrected chi connectivity index (χ1v) is 6.43. The van der Waals surface area contributed by atoms with Crippen molar-refractivity contribution in [1.29, 1.82) is 0 Å². The molecule has 0 heterocycles. The van der Waals surface area contributed by atoms with E-state index in [1.165, 1.54) is 19.2 Å². The predicted octanol–water partition coefficient (Wildman–Crippen LogP) is 3.07. The van der Waals surface area contributed by atoms with E-state index >= 15 is 0 Å². The van der Waals surface area contributed by atoms with E-state index in [0.717, 1.165) is 0 Å². The number of carbonyl (C=O) groups is 2. The Morgan fingerprint density at radius 1 is 1.38 bits per heavy atom. The van der Waals surface area contributed by atoms with Gasteiger partial charge in [0.1, 0.15) is 6.61 Å². The number of nitrogens with zero attached hydrogens (tertiary/aromatic N) is 1. The van der Waals surface area contributed by atoms with Crippen LogP contribution in [0.5, 0.6) is 0 Å². The van der Waals surface area contributed by atoms with E-state index in [0.29, 0.717) is 11.1 Å². The highest BCUT2D eigenvalue weighted by atomic mass is 16.7. The molecule has 1 atom stereocenters. The van der Waals surface area contributed by atoms with Crippen LogP contribution in [0.2, 0.25) is 0 Å². The van der Waals surface area contributed by atoms with Gasteiger partial charge >= 0.3 is 6.16 Å². The highest BCUT2D eigenvalue weighted by Crippen LogP contribution is 2.28. The number of nitro groups is 1. The van der Waals surface area contributed by atoms with Crippen molar-refractivity contribution in [2.75, 3.05) is 13.7 Å². The Labute approximate surface area is 122 Å². The molecule has 1 aromatic carbocycles.